The molecule has 0 aliphatic rings. The van der Waals surface area contributed by atoms with E-state index < -0.39 is 17.9 Å². The van der Waals surface area contributed by atoms with Crippen LogP contribution in [0.1, 0.15) is 32.8 Å². The third kappa shape index (κ3) is 12.5. The van der Waals surface area contributed by atoms with E-state index in [2.05, 4.69) is 5.32 Å². The molecule has 1 aromatic carbocycles. The van der Waals surface area contributed by atoms with Crippen LogP contribution in [0.2, 0.25) is 0 Å². The molecule has 21 heavy (non-hydrogen) atoms. The molecule has 1 atom stereocenters. The standard InChI is InChI=1S/C14H21NO3.CH4O.W/c1-14(2,3)18-13(17)15-12(16)10-9-11-7-5-4-6-8-11;1-2;/h4-8,12,16H,9-10H2,1-3H3,(H,15,17);2H,1H3;. The van der Waals surface area contributed by atoms with Crippen molar-refractivity contribution < 1.29 is 40.8 Å². The van der Waals surface area contributed by atoms with Crippen molar-refractivity contribution in [2.45, 2.75) is 45.4 Å². The SMILES string of the molecule is CC(C)(C)OC(=O)NC(O)CCc1ccccc1.CO.[W]. The molecule has 0 saturated heterocycles. The van der Waals surface area contributed by atoms with Gasteiger partial charge in [0, 0.05) is 28.2 Å². The summed E-state index contributed by atoms with van der Waals surface area (Å²) in [4.78, 5) is 11.4. The summed E-state index contributed by atoms with van der Waals surface area (Å²) in [6.07, 6.45) is -0.316. The number of aryl methyl sites for hydroxylation is 1. The zero-order valence-corrected chi connectivity index (χ0v) is 15.9. The maximum absolute atomic E-state index is 11.4. The molecule has 0 heterocycles. The van der Waals surface area contributed by atoms with Gasteiger partial charge in [0.2, 0.25) is 0 Å². The Morgan fingerprint density at radius 2 is 1.76 bits per heavy atom. The second-order valence-corrected chi connectivity index (χ2v) is 5.19. The molecule has 0 aliphatic carbocycles. The molecule has 0 aliphatic heterocycles. The maximum atomic E-state index is 11.4. The Labute approximate surface area is 141 Å². The van der Waals surface area contributed by atoms with E-state index in [9.17, 15) is 9.90 Å². The fraction of sp³-hybridized carbons (Fsp3) is 0.533. The second kappa shape index (κ2) is 11.7. The Bertz CT molecular complexity index is 379. The normalized spacial score (nSPS) is 11.3. The molecule has 3 N–H and O–H groups in total. The van der Waals surface area contributed by atoms with Crippen LogP contribution >= 0.6 is 0 Å². The van der Waals surface area contributed by atoms with Gasteiger partial charge >= 0.3 is 6.09 Å². The van der Waals surface area contributed by atoms with Crippen molar-refractivity contribution in [2.75, 3.05) is 7.11 Å². The summed E-state index contributed by atoms with van der Waals surface area (Å²) >= 11 is 0. The van der Waals surface area contributed by atoms with E-state index in [1.807, 2.05) is 30.3 Å². The molecule has 0 radical (unpaired) electrons. The van der Waals surface area contributed by atoms with Crippen molar-refractivity contribution in [1.29, 1.82) is 0 Å². The Morgan fingerprint density at radius 3 is 2.24 bits per heavy atom. The van der Waals surface area contributed by atoms with Gasteiger partial charge < -0.3 is 14.9 Å². The van der Waals surface area contributed by atoms with Crippen LogP contribution in [0, 0.1) is 0 Å². The third-order valence-electron chi connectivity index (χ3n) is 2.23. The zero-order chi connectivity index (χ0) is 15.6. The number of aliphatic hydroxyl groups is 2. The number of rotatable bonds is 4. The molecule has 5 nitrogen and oxygen atoms in total. The quantitative estimate of drug-likeness (QED) is 0.593. The Balaban J connectivity index is 0. The van der Waals surface area contributed by atoms with Crippen molar-refractivity contribution in [3.8, 4) is 0 Å². The number of alkyl carbamates (subject to hydrolysis) is 1. The summed E-state index contributed by atoms with van der Waals surface area (Å²) in [5.74, 6) is 0. The number of nitrogens with one attached hydrogen (secondary N) is 1. The molecule has 0 fully saturated rings. The minimum atomic E-state index is -0.889. The van der Waals surface area contributed by atoms with E-state index in [-0.39, 0.29) is 21.1 Å². The Morgan fingerprint density at radius 1 is 1.24 bits per heavy atom. The molecular formula is C15H25NO4W. The number of aliphatic hydroxyl groups excluding tert-OH is 2. The molecule has 0 aromatic heterocycles. The van der Waals surface area contributed by atoms with Gasteiger partial charge in [-0.3, -0.25) is 5.32 Å². The molecule has 0 bridgehead atoms. The van der Waals surface area contributed by atoms with Crippen molar-refractivity contribution >= 4 is 6.09 Å². The zero-order valence-electron chi connectivity index (χ0n) is 13.0. The summed E-state index contributed by atoms with van der Waals surface area (Å²) in [5, 5.41) is 19.1. The average Bonchev–Trinajstić information content (AvgIpc) is 2.37. The number of amides is 1. The van der Waals surface area contributed by atoms with Gasteiger partial charge in [0.15, 0.2) is 0 Å². The van der Waals surface area contributed by atoms with Crippen LogP contribution in [0.4, 0.5) is 4.79 Å². The van der Waals surface area contributed by atoms with Gasteiger partial charge in [-0.25, -0.2) is 4.79 Å². The van der Waals surface area contributed by atoms with Crippen LogP contribution in [0.15, 0.2) is 30.3 Å². The van der Waals surface area contributed by atoms with Gasteiger partial charge in [0.25, 0.3) is 0 Å². The number of benzene rings is 1. The predicted octanol–water partition coefficient (Wildman–Crippen LogP) is 2.07. The first kappa shape index (κ1) is 22.4. The van der Waals surface area contributed by atoms with E-state index in [1.54, 1.807) is 20.8 Å². The smallest absolute Gasteiger partial charge is 0.409 e. The summed E-state index contributed by atoms with van der Waals surface area (Å²) in [6, 6.07) is 9.81. The van der Waals surface area contributed by atoms with E-state index >= 15 is 0 Å². The van der Waals surface area contributed by atoms with Gasteiger partial charge in [0.05, 0.1) is 0 Å². The van der Waals surface area contributed by atoms with Gasteiger partial charge in [-0.05, 0) is 39.2 Å². The van der Waals surface area contributed by atoms with Crippen LogP contribution < -0.4 is 5.32 Å². The maximum Gasteiger partial charge on any atom is 0.409 e. The van der Waals surface area contributed by atoms with Gasteiger partial charge in [0.1, 0.15) is 11.8 Å². The predicted molar refractivity (Wildman–Crippen MR) is 78.3 cm³/mol. The van der Waals surface area contributed by atoms with Crippen molar-refractivity contribution in [1.82, 2.24) is 5.32 Å². The number of hydrogen-bond acceptors (Lipinski definition) is 4. The van der Waals surface area contributed by atoms with Gasteiger partial charge in [-0.15, -0.1) is 0 Å². The van der Waals surface area contributed by atoms with Crippen LogP contribution in [0.5, 0.6) is 0 Å². The van der Waals surface area contributed by atoms with Gasteiger partial charge in [-0.2, -0.15) is 0 Å². The van der Waals surface area contributed by atoms with E-state index in [0.29, 0.717) is 12.8 Å². The molecule has 1 rings (SSSR count). The molecule has 6 heteroatoms. The molecule has 1 aromatic rings. The largest absolute Gasteiger partial charge is 0.444 e. The van der Waals surface area contributed by atoms with E-state index in [0.717, 1.165) is 12.7 Å². The van der Waals surface area contributed by atoms with Crippen LogP contribution in [0.25, 0.3) is 0 Å². The minimum absolute atomic E-state index is 0. The first-order valence-electron chi connectivity index (χ1n) is 6.53. The summed E-state index contributed by atoms with van der Waals surface area (Å²) in [5.41, 5.74) is 0.575. The molecule has 0 saturated carbocycles. The fourth-order valence-corrected chi connectivity index (χ4v) is 1.46. The molecule has 120 valence electrons. The van der Waals surface area contributed by atoms with Crippen molar-refractivity contribution in [3.05, 3.63) is 35.9 Å². The Hall–Kier alpha value is -0.902. The van der Waals surface area contributed by atoms with Crippen LogP contribution in [0.3, 0.4) is 0 Å². The molecular weight excluding hydrogens is 442 g/mol. The first-order chi connectivity index (χ1) is 9.37. The summed E-state index contributed by atoms with van der Waals surface area (Å²) in [7, 11) is 1.00. The minimum Gasteiger partial charge on any atom is -0.444 e. The number of hydrogen-bond donors (Lipinski definition) is 3. The molecule has 1 unspecified atom stereocenters. The molecule has 0 spiro atoms. The summed E-state index contributed by atoms with van der Waals surface area (Å²) < 4.78 is 5.05. The van der Waals surface area contributed by atoms with E-state index in [4.69, 9.17) is 9.84 Å². The average molecular weight is 467 g/mol. The van der Waals surface area contributed by atoms with Gasteiger partial charge in [-0.1, -0.05) is 30.3 Å². The molecule has 1 amide bonds. The topological polar surface area (TPSA) is 78.8 Å². The number of carbonyl (C=O) groups is 1. The van der Waals surface area contributed by atoms with Crippen molar-refractivity contribution in [2.24, 2.45) is 0 Å². The van der Waals surface area contributed by atoms with Crippen LogP contribution in [-0.4, -0.2) is 35.2 Å². The second-order valence-electron chi connectivity index (χ2n) is 5.19. The monoisotopic (exact) mass is 467 g/mol. The van der Waals surface area contributed by atoms with E-state index in [1.165, 1.54) is 0 Å². The summed E-state index contributed by atoms with van der Waals surface area (Å²) in [6.45, 7) is 5.34. The first-order valence-corrected chi connectivity index (χ1v) is 6.53. The number of carbonyl (C=O) groups excluding carboxylic acids is 1. The third-order valence-corrected chi connectivity index (χ3v) is 2.23. The van der Waals surface area contributed by atoms with Crippen molar-refractivity contribution in [3.63, 3.8) is 0 Å². The Kier molecular flexibility index (Phi) is 12.5. The van der Waals surface area contributed by atoms with Crippen LogP contribution in [-0.2, 0) is 32.2 Å². The number of ether oxygens (including phenoxy) is 1. The fourth-order valence-electron chi connectivity index (χ4n) is 1.46.